The number of carbonyl (C=O) groups is 1. The highest BCUT2D eigenvalue weighted by molar-refractivity contribution is 5.94. The smallest absolute Gasteiger partial charge is 0.322 e. The summed E-state index contributed by atoms with van der Waals surface area (Å²) in [7, 11) is 0. The Kier molecular flexibility index (Phi) is 3.46. The highest BCUT2D eigenvalue weighted by Crippen LogP contribution is 2.28. The first-order chi connectivity index (χ1) is 8.63. The Morgan fingerprint density at radius 1 is 1.39 bits per heavy atom. The van der Waals surface area contributed by atoms with Gasteiger partial charge in [0.1, 0.15) is 6.54 Å². The molecule has 2 aromatic rings. The molecule has 0 aliphatic heterocycles. The van der Waals surface area contributed by atoms with Crippen LogP contribution in [0.3, 0.4) is 0 Å². The Balaban J connectivity index is 2.60. The van der Waals surface area contributed by atoms with Crippen LogP contribution in [0.4, 0.5) is 5.69 Å². The van der Waals surface area contributed by atoms with Crippen molar-refractivity contribution in [2.45, 2.75) is 20.3 Å². The molecule has 0 bridgehead atoms. The molecule has 0 amide bonds. The van der Waals surface area contributed by atoms with Crippen molar-refractivity contribution >= 4 is 22.6 Å². The van der Waals surface area contributed by atoms with Gasteiger partial charge in [0.05, 0.1) is 5.52 Å². The van der Waals surface area contributed by atoms with Gasteiger partial charge in [-0.3, -0.25) is 9.78 Å². The molecule has 0 aliphatic carbocycles. The molecule has 0 aliphatic rings. The SMILES string of the molecule is CCc1c(C)nc2ccccc2c1NCC(=O)O. The monoisotopic (exact) mass is 244 g/mol. The fraction of sp³-hybridized carbons (Fsp3) is 0.286. The molecule has 2 rings (SSSR count). The summed E-state index contributed by atoms with van der Waals surface area (Å²) in [6.45, 7) is 3.92. The van der Waals surface area contributed by atoms with E-state index in [0.29, 0.717) is 0 Å². The van der Waals surface area contributed by atoms with Gasteiger partial charge in [-0.25, -0.2) is 0 Å². The van der Waals surface area contributed by atoms with E-state index in [0.717, 1.165) is 34.3 Å². The molecule has 18 heavy (non-hydrogen) atoms. The van der Waals surface area contributed by atoms with Crippen LogP contribution in [0.1, 0.15) is 18.2 Å². The van der Waals surface area contributed by atoms with E-state index >= 15 is 0 Å². The number of aliphatic carboxylic acids is 1. The van der Waals surface area contributed by atoms with Crippen LogP contribution in [-0.4, -0.2) is 22.6 Å². The van der Waals surface area contributed by atoms with Gasteiger partial charge in [-0.1, -0.05) is 25.1 Å². The number of rotatable bonds is 4. The van der Waals surface area contributed by atoms with E-state index < -0.39 is 5.97 Å². The van der Waals surface area contributed by atoms with E-state index in [1.807, 2.05) is 38.1 Å². The second-order valence-corrected chi connectivity index (χ2v) is 4.17. The number of aryl methyl sites for hydroxylation is 1. The molecular formula is C14H16N2O2. The van der Waals surface area contributed by atoms with Crippen LogP contribution in [-0.2, 0) is 11.2 Å². The maximum Gasteiger partial charge on any atom is 0.322 e. The average Bonchev–Trinajstić information content (AvgIpc) is 2.35. The lowest BCUT2D eigenvalue weighted by atomic mass is 10.0. The summed E-state index contributed by atoms with van der Waals surface area (Å²) in [6.07, 6.45) is 0.825. The van der Waals surface area contributed by atoms with Crippen molar-refractivity contribution in [1.82, 2.24) is 4.98 Å². The summed E-state index contributed by atoms with van der Waals surface area (Å²) in [5.41, 5.74) is 3.81. The molecule has 4 heteroatoms. The molecule has 0 unspecified atom stereocenters. The number of nitrogens with zero attached hydrogens (tertiary/aromatic N) is 1. The van der Waals surface area contributed by atoms with Crippen molar-refractivity contribution in [3.05, 3.63) is 35.5 Å². The number of aromatic nitrogens is 1. The van der Waals surface area contributed by atoms with Gasteiger partial charge in [0.2, 0.25) is 0 Å². The number of benzene rings is 1. The van der Waals surface area contributed by atoms with Gasteiger partial charge in [0.25, 0.3) is 0 Å². The summed E-state index contributed by atoms with van der Waals surface area (Å²) in [5, 5.41) is 12.8. The molecule has 94 valence electrons. The van der Waals surface area contributed by atoms with E-state index in [2.05, 4.69) is 10.3 Å². The topological polar surface area (TPSA) is 62.2 Å². The van der Waals surface area contributed by atoms with E-state index in [1.165, 1.54) is 0 Å². The van der Waals surface area contributed by atoms with Gasteiger partial charge < -0.3 is 10.4 Å². The Morgan fingerprint density at radius 2 is 2.11 bits per heavy atom. The Bertz CT molecular complexity index is 594. The highest BCUT2D eigenvalue weighted by atomic mass is 16.4. The predicted molar refractivity (Wildman–Crippen MR) is 72.0 cm³/mol. The number of hydrogen-bond acceptors (Lipinski definition) is 3. The van der Waals surface area contributed by atoms with Crippen molar-refractivity contribution in [2.75, 3.05) is 11.9 Å². The predicted octanol–water partition coefficient (Wildman–Crippen LogP) is 2.60. The van der Waals surface area contributed by atoms with Crippen LogP contribution in [0.15, 0.2) is 24.3 Å². The van der Waals surface area contributed by atoms with E-state index in [4.69, 9.17) is 5.11 Å². The number of para-hydroxylation sites is 1. The summed E-state index contributed by atoms with van der Waals surface area (Å²) in [6, 6.07) is 7.77. The lowest BCUT2D eigenvalue weighted by Crippen LogP contribution is -2.14. The Labute approximate surface area is 106 Å². The van der Waals surface area contributed by atoms with Gasteiger partial charge in [0.15, 0.2) is 0 Å². The zero-order chi connectivity index (χ0) is 13.1. The van der Waals surface area contributed by atoms with Crippen molar-refractivity contribution in [1.29, 1.82) is 0 Å². The van der Waals surface area contributed by atoms with Crippen molar-refractivity contribution in [2.24, 2.45) is 0 Å². The third-order valence-corrected chi connectivity index (χ3v) is 2.97. The number of fused-ring (bicyclic) bond motifs is 1. The first-order valence-corrected chi connectivity index (χ1v) is 5.97. The van der Waals surface area contributed by atoms with Gasteiger partial charge in [-0.05, 0) is 25.0 Å². The minimum atomic E-state index is -0.865. The molecule has 0 radical (unpaired) electrons. The van der Waals surface area contributed by atoms with E-state index in [9.17, 15) is 4.79 Å². The summed E-state index contributed by atoms with van der Waals surface area (Å²) in [5.74, 6) is -0.865. The van der Waals surface area contributed by atoms with Gasteiger partial charge in [-0.2, -0.15) is 0 Å². The normalized spacial score (nSPS) is 10.6. The molecule has 0 fully saturated rings. The minimum Gasteiger partial charge on any atom is -0.480 e. The standard InChI is InChI=1S/C14H16N2O2/c1-3-10-9(2)16-12-7-5-4-6-11(12)14(10)15-8-13(17)18/h4-7H,3,8H2,1-2H3,(H,15,16)(H,17,18). The quantitative estimate of drug-likeness (QED) is 0.867. The van der Waals surface area contributed by atoms with Crippen LogP contribution in [0.25, 0.3) is 10.9 Å². The van der Waals surface area contributed by atoms with E-state index in [1.54, 1.807) is 0 Å². The fourth-order valence-electron chi connectivity index (χ4n) is 2.17. The second kappa shape index (κ2) is 5.04. The van der Waals surface area contributed by atoms with Crippen LogP contribution in [0.2, 0.25) is 0 Å². The summed E-state index contributed by atoms with van der Waals surface area (Å²) < 4.78 is 0. The third kappa shape index (κ3) is 2.27. The van der Waals surface area contributed by atoms with Crippen LogP contribution >= 0.6 is 0 Å². The first kappa shape index (κ1) is 12.4. The molecule has 0 saturated carbocycles. The Hall–Kier alpha value is -2.10. The molecule has 0 saturated heterocycles. The number of carboxylic acid groups (broad SMARTS) is 1. The zero-order valence-corrected chi connectivity index (χ0v) is 10.5. The van der Waals surface area contributed by atoms with Gasteiger partial charge in [-0.15, -0.1) is 0 Å². The molecular weight excluding hydrogens is 228 g/mol. The number of pyridine rings is 1. The highest BCUT2D eigenvalue weighted by Gasteiger charge is 2.11. The van der Waals surface area contributed by atoms with Crippen molar-refractivity contribution in [3.63, 3.8) is 0 Å². The van der Waals surface area contributed by atoms with Gasteiger partial charge >= 0.3 is 5.97 Å². The van der Waals surface area contributed by atoms with Crippen LogP contribution in [0, 0.1) is 6.92 Å². The maximum absolute atomic E-state index is 10.7. The second-order valence-electron chi connectivity index (χ2n) is 4.17. The molecule has 4 nitrogen and oxygen atoms in total. The maximum atomic E-state index is 10.7. The third-order valence-electron chi connectivity index (χ3n) is 2.97. The van der Waals surface area contributed by atoms with Crippen LogP contribution < -0.4 is 5.32 Å². The molecule has 1 heterocycles. The zero-order valence-electron chi connectivity index (χ0n) is 10.5. The minimum absolute atomic E-state index is 0.0829. The van der Waals surface area contributed by atoms with Crippen molar-refractivity contribution in [3.8, 4) is 0 Å². The fourth-order valence-corrected chi connectivity index (χ4v) is 2.17. The van der Waals surface area contributed by atoms with Gasteiger partial charge in [0, 0.05) is 16.8 Å². The van der Waals surface area contributed by atoms with Crippen LogP contribution in [0.5, 0.6) is 0 Å². The molecule has 0 atom stereocenters. The number of carboxylic acids is 1. The number of nitrogens with one attached hydrogen (secondary N) is 1. The Morgan fingerprint density at radius 3 is 2.78 bits per heavy atom. The number of hydrogen-bond donors (Lipinski definition) is 2. The molecule has 1 aromatic carbocycles. The van der Waals surface area contributed by atoms with Crippen molar-refractivity contribution < 1.29 is 9.90 Å². The molecule has 2 N–H and O–H groups in total. The lowest BCUT2D eigenvalue weighted by molar-refractivity contribution is -0.134. The largest absolute Gasteiger partial charge is 0.480 e. The first-order valence-electron chi connectivity index (χ1n) is 5.97. The molecule has 1 aromatic heterocycles. The van der Waals surface area contributed by atoms with E-state index in [-0.39, 0.29) is 6.54 Å². The number of anilines is 1. The summed E-state index contributed by atoms with van der Waals surface area (Å²) in [4.78, 5) is 15.3. The molecule has 0 spiro atoms. The lowest BCUT2D eigenvalue weighted by Gasteiger charge is -2.15. The summed E-state index contributed by atoms with van der Waals surface area (Å²) >= 11 is 0. The average molecular weight is 244 g/mol.